The number of halogens is 1. The number of phenolic OH excluding ortho intramolecular Hbond substituents is 1. The van der Waals surface area contributed by atoms with Crippen LogP contribution in [0, 0.1) is 5.82 Å². The highest BCUT2D eigenvalue weighted by molar-refractivity contribution is 6.21. The average Bonchev–Trinajstić information content (AvgIpc) is 2.15. The fraction of sp³-hybridized carbons (Fsp3) is 0.111. The topological polar surface area (TPSA) is 79.1 Å². The van der Waals surface area contributed by atoms with Crippen LogP contribution in [0.4, 0.5) is 4.39 Å². The molecule has 0 bridgehead atoms. The predicted molar refractivity (Wildman–Crippen MR) is 49.0 cm³/mol. The molecule has 80 valence electrons. The second-order valence-corrected chi connectivity index (χ2v) is 2.58. The van der Waals surface area contributed by atoms with E-state index in [2.05, 4.69) is 9.99 Å². The molecule has 0 spiro atoms. The first kappa shape index (κ1) is 11.0. The predicted octanol–water partition coefficient (Wildman–Crippen LogP) is 1.12. The number of hydrogen-bond acceptors (Lipinski definition) is 4. The molecule has 2 N–H and O–H groups in total. The molecular weight excluding hydrogens is 205 g/mol. The lowest BCUT2D eigenvalue weighted by molar-refractivity contribution is -0.129. The molecule has 0 aliphatic heterocycles. The number of benzene rings is 1. The van der Waals surface area contributed by atoms with E-state index in [0.717, 1.165) is 6.07 Å². The van der Waals surface area contributed by atoms with Gasteiger partial charge in [0.1, 0.15) is 18.2 Å². The third kappa shape index (κ3) is 3.26. The number of oxime groups is 1. The third-order valence-electron chi connectivity index (χ3n) is 1.54. The fourth-order valence-corrected chi connectivity index (χ4v) is 0.874. The number of aliphatic carboxylic acids is 1. The fourth-order valence-electron chi connectivity index (χ4n) is 0.874. The Hall–Kier alpha value is -2.11. The Morgan fingerprint density at radius 1 is 1.60 bits per heavy atom. The van der Waals surface area contributed by atoms with Crippen molar-refractivity contribution in [3.8, 4) is 5.75 Å². The van der Waals surface area contributed by atoms with Crippen molar-refractivity contribution < 1.29 is 24.2 Å². The Morgan fingerprint density at radius 2 is 2.33 bits per heavy atom. The monoisotopic (exact) mass is 213 g/mol. The summed E-state index contributed by atoms with van der Waals surface area (Å²) in [7, 11) is 0. The van der Waals surface area contributed by atoms with Crippen LogP contribution >= 0.6 is 0 Å². The van der Waals surface area contributed by atoms with Crippen molar-refractivity contribution in [3.63, 3.8) is 0 Å². The molecule has 0 aromatic heterocycles. The van der Waals surface area contributed by atoms with Crippen molar-refractivity contribution in [1.29, 1.82) is 0 Å². The maximum absolute atomic E-state index is 13.0. The number of carboxylic acids is 1. The summed E-state index contributed by atoms with van der Waals surface area (Å²) in [6, 6.07) is 3.79. The summed E-state index contributed by atoms with van der Waals surface area (Å²) < 4.78 is 13.0. The van der Waals surface area contributed by atoms with Gasteiger partial charge in [-0.3, -0.25) is 0 Å². The second-order valence-electron chi connectivity index (χ2n) is 2.58. The lowest BCUT2D eigenvalue weighted by atomic mass is 10.2. The Balaban J connectivity index is 2.61. The molecule has 15 heavy (non-hydrogen) atoms. The van der Waals surface area contributed by atoms with E-state index in [1.165, 1.54) is 12.1 Å². The zero-order valence-electron chi connectivity index (χ0n) is 7.55. The van der Waals surface area contributed by atoms with E-state index in [0.29, 0.717) is 6.21 Å². The Kier molecular flexibility index (Phi) is 3.61. The van der Waals surface area contributed by atoms with Crippen LogP contribution in [0.2, 0.25) is 0 Å². The van der Waals surface area contributed by atoms with Gasteiger partial charge in [0.2, 0.25) is 0 Å². The highest BCUT2D eigenvalue weighted by atomic mass is 19.1. The van der Waals surface area contributed by atoms with Crippen LogP contribution < -0.4 is 0 Å². The van der Waals surface area contributed by atoms with E-state index in [1.54, 1.807) is 0 Å². The summed E-state index contributed by atoms with van der Waals surface area (Å²) in [5.74, 6) is -2.17. The van der Waals surface area contributed by atoms with Crippen LogP contribution in [0.3, 0.4) is 0 Å². The quantitative estimate of drug-likeness (QED) is 0.580. The van der Waals surface area contributed by atoms with E-state index in [1.807, 2.05) is 0 Å². The molecule has 0 aliphatic carbocycles. The molecule has 0 fully saturated rings. The molecule has 0 atom stereocenters. The lowest BCUT2D eigenvalue weighted by Gasteiger charge is -2.03. The van der Waals surface area contributed by atoms with Gasteiger partial charge in [-0.1, -0.05) is 11.2 Å². The van der Waals surface area contributed by atoms with Crippen molar-refractivity contribution in [3.05, 3.63) is 29.6 Å². The molecule has 0 amide bonds. The molecule has 0 saturated heterocycles. The van der Waals surface area contributed by atoms with E-state index in [-0.39, 0.29) is 17.9 Å². The van der Waals surface area contributed by atoms with Crippen LogP contribution in [0.15, 0.2) is 23.4 Å². The van der Waals surface area contributed by atoms with Crippen LogP contribution in [0.1, 0.15) is 5.56 Å². The molecule has 0 saturated carbocycles. The number of carboxylic acid groups (broad SMARTS) is 1. The number of nitrogens with zero attached hydrogens (tertiary/aromatic N) is 1. The molecule has 0 radical (unpaired) electrons. The molecule has 0 aliphatic rings. The van der Waals surface area contributed by atoms with Gasteiger partial charge >= 0.3 is 5.97 Å². The van der Waals surface area contributed by atoms with Crippen molar-refractivity contribution in [2.45, 2.75) is 6.61 Å². The van der Waals surface area contributed by atoms with Gasteiger partial charge in [-0.2, -0.15) is 0 Å². The second kappa shape index (κ2) is 4.94. The summed E-state index contributed by atoms with van der Waals surface area (Å²) >= 11 is 0. The SMILES string of the molecule is O=C(O)C=NOCc1c(O)cccc1F. The number of hydrogen-bond donors (Lipinski definition) is 2. The van der Waals surface area contributed by atoms with E-state index >= 15 is 0 Å². The molecular formula is C9H8FNO4. The molecule has 6 heteroatoms. The minimum atomic E-state index is -1.27. The van der Waals surface area contributed by atoms with Crippen molar-refractivity contribution >= 4 is 12.2 Å². The van der Waals surface area contributed by atoms with E-state index < -0.39 is 11.8 Å². The van der Waals surface area contributed by atoms with Gasteiger partial charge in [0.25, 0.3) is 0 Å². The molecule has 1 aromatic rings. The van der Waals surface area contributed by atoms with Crippen molar-refractivity contribution in [1.82, 2.24) is 0 Å². The number of rotatable bonds is 4. The lowest BCUT2D eigenvalue weighted by Crippen LogP contribution is -1.97. The minimum Gasteiger partial charge on any atom is -0.507 e. The van der Waals surface area contributed by atoms with Gasteiger partial charge in [-0.15, -0.1) is 0 Å². The van der Waals surface area contributed by atoms with Crippen LogP contribution in [0.25, 0.3) is 0 Å². The van der Waals surface area contributed by atoms with Gasteiger partial charge in [0, 0.05) is 0 Å². The molecule has 0 heterocycles. The highest BCUT2D eigenvalue weighted by Crippen LogP contribution is 2.20. The first-order valence-corrected chi connectivity index (χ1v) is 3.96. The summed E-state index contributed by atoms with van der Waals surface area (Å²) in [6.45, 7) is -0.331. The first-order chi connectivity index (χ1) is 7.11. The molecule has 0 unspecified atom stereocenters. The molecule has 1 aromatic carbocycles. The third-order valence-corrected chi connectivity index (χ3v) is 1.54. The average molecular weight is 213 g/mol. The van der Waals surface area contributed by atoms with Crippen LogP contribution in [-0.4, -0.2) is 22.4 Å². The summed E-state index contributed by atoms with van der Waals surface area (Å²) in [5.41, 5.74) is -0.0694. The smallest absolute Gasteiger partial charge is 0.350 e. The maximum Gasteiger partial charge on any atom is 0.350 e. The van der Waals surface area contributed by atoms with E-state index in [4.69, 9.17) is 5.11 Å². The van der Waals surface area contributed by atoms with Crippen LogP contribution in [-0.2, 0) is 16.2 Å². The maximum atomic E-state index is 13.0. The Labute approximate surface area is 84.4 Å². The Bertz CT molecular complexity index is 371. The summed E-state index contributed by atoms with van der Waals surface area (Å²) in [6.07, 6.45) is 0.526. The van der Waals surface area contributed by atoms with Gasteiger partial charge in [-0.05, 0) is 12.1 Å². The van der Waals surface area contributed by atoms with Crippen molar-refractivity contribution in [2.75, 3.05) is 0 Å². The van der Waals surface area contributed by atoms with Crippen molar-refractivity contribution in [2.24, 2.45) is 5.16 Å². The number of aromatic hydroxyl groups is 1. The van der Waals surface area contributed by atoms with Gasteiger partial charge in [0.05, 0.1) is 5.56 Å². The highest BCUT2D eigenvalue weighted by Gasteiger charge is 2.07. The number of phenols is 1. The summed E-state index contributed by atoms with van der Waals surface area (Å²) in [5, 5.41) is 20.4. The van der Waals surface area contributed by atoms with Gasteiger partial charge in [0.15, 0.2) is 6.21 Å². The minimum absolute atomic E-state index is 0.0694. The normalized spacial score (nSPS) is 10.5. The molecule has 5 nitrogen and oxygen atoms in total. The van der Waals surface area contributed by atoms with Gasteiger partial charge < -0.3 is 15.1 Å². The molecule has 1 rings (SSSR count). The zero-order valence-corrected chi connectivity index (χ0v) is 7.55. The van der Waals surface area contributed by atoms with Crippen LogP contribution in [0.5, 0.6) is 5.75 Å². The summed E-state index contributed by atoms with van der Waals surface area (Å²) in [4.78, 5) is 14.5. The van der Waals surface area contributed by atoms with E-state index in [9.17, 15) is 14.3 Å². The first-order valence-electron chi connectivity index (χ1n) is 3.96. The largest absolute Gasteiger partial charge is 0.507 e. The Morgan fingerprint density at radius 3 is 2.93 bits per heavy atom. The standard InChI is InChI=1S/C9H8FNO4/c10-7-2-1-3-8(12)6(7)5-15-11-4-9(13)14/h1-4,12H,5H2,(H,13,14). The number of carbonyl (C=O) groups is 1. The zero-order chi connectivity index (χ0) is 11.3. The van der Waals surface area contributed by atoms with Gasteiger partial charge in [-0.25, -0.2) is 9.18 Å².